The number of likely N-dealkylation sites (tertiary alicyclic amines) is 1. The SMILES string of the molecule is CCNC(=NCC1(c2ccccc2Cl)CCOCC1)NC1CC(C)N(C2CC2)C1. The number of nitrogens with one attached hydrogen (secondary N) is 2. The third kappa shape index (κ3) is 4.89. The lowest BCUT2D eigenvalue weighted by atomic mass is 9.74. The number of hydrogen-bond acceptors (Lipinski definition) is 3. The van der Waals surface area contributed by atoms with E-state index < -0.39 is 0 Å². The Hall–Kier alpha value is -1.30. The zero-order valence-corrected chi connectivity index (χ0v) is 18.5. The van der Waals surface area contributed by atoms with Crippen LogP contribution in [0.25, 0.3) is 0 Å². The maximum atomic E-state index is 6.60. The van der Waals surface area contributed by atoms with Gasteiger partial charge in [0.1, 0.15) is 0 Å². The van der Waals surface area contributed by atoms with Crippen LogP contribution in [0.1, 0.15) is 51.5 Å². The van der Waals surface area contributed by atoms with E-state index in [1.807, 2.05) is 12.1 Å². The first-order valence-corrected chi connectivity index (χ1v) is 11.6. The van der Waals surface area contributed by atoms with E-state index in [2.05, 4.69) is 41.5 Å². The molecule has 3 fully saturated rings. The van der Waals surface area contributed by atoms with Crippen LogP contribution >= 0.6 is 11.6 Å². The van der Waals surface area contributed by atoms with Crippen molar-refractivity contribution in [1.82, 2.24) is 15.5 Å². The molecule has 1 aromatic carbocycles. The van der Waals surface area contributed by atoms with Gasteiger partial charge in [-0.05, 0) is 57.6 Å². The molecule has 0 amide bonds. The molecule has 1 aliphatic carbocycles. The Balaban J connectivity index is 1.48. The van der Waals surface area contributed by atoms with Crippen molar-refractivity contribution in [1.29, 1.82) is 0 Å². The summed E-state index contributed by atoms with van der Waals surface area (Å²) in [4.78, 5) is 7.73. The fourth-order valence-corrected chi connectivity index (χ4v) is 5.32. The van der Waals surface area contributed by atoms with Gasteiger partial charge in [-0.15, -0.1) is 0 Å². The lowest BCUT2D eigenvalue weighted by Crippen LogP contribution is -2.46. The smallest absolute Gasteiger partial charge is 0.191 e. The van der Waals surface area contributed by atoms with Gasteiger partial charge < -0.3 is 15.4 Å². The van der Waals surface area contributed by atoms with Crippen molar-refractivity contribution < 1.29 is 4.74 Å². The first-order valence-electron chi connectivity index (χ1n) is 11.2. The molecule has 3 aliphatic rings. The van der Waals surface area contributed by atoms with Gasteiger partial charge in [0.05, 0.1) is 6.54 Å². The molecule has 0 bridgehead atoms. The van der Waals surface area contributed by atoms with E-state index in [9.17, 15) is 0 Å². The van der Waals surface area contributed by atoms with E-state index >= 15 is 0 Å². The Morgan fingerprint density at radius 1 is 1.28 bits per heavy atom. The van der Waals surface area contributed by atoms with Crippen LogP contribution in [-0.4, -0.2) is 61.8 Å². The molecule has 2 N–H and O–H groups in total. The number of nitrogens with zero attached hydrogens (tertiary/aromatic N) is 2. The van der Waals surface area contributed by atoms with Gasteiger partial charge in [0.15, 0.2) is 5.96 Å². The van der Waals surface area contributed by atoms with Crippen molar-refractivity contribution in [2.24, 2.45) is 4.99 Å². The molecule has 5 nitrogen and oxygen atoms in total. The minimum atomic E-state index is -0.0536. The molecule has 0 spiro atoms. The maximum absolute atomic E-state index is 6.60. The molecule has 0 radical (unpaired) electrons. The Morgan fingerprint density at radius 3 is 2.72 bits per heavy atom. The molecule has 1 saturated carbocycles. The average Bonchev–Trinajstić information content (AvgIpc) is 3.50. The van der Waals surface area contributed by atoms with E-state index in [1.165, 1.54) is 24.8 Å². The molecule has 0 aromatic heterocycles. The third-order valence-corrected chi connectivity index (χ3v) is 7.09. The van der Waals surface area contributed by atoms with Gasteiger partial charge in [-0.1, -0.05) is 29.8 Å². The van der Waals surface area contributed by atoms with Crippen LogP contribution in [0.3, 0.4) is 0 Å². The summed E-state index contributed by atoms with van der Waals surface area (Å²) in [5.74, 6) is 0.931. The van der Waals surface area contributed by atoms with Crippen LogP contribution in [0.5, 0.6) is 0 Å². The molecule has 160 valence electrons. The van der Waals surface area contributed by atoms with E-state index in [0.29, 0.717) is 12.1 Å². The molecule has 29 heavy (non-hydrogen) atoms. The van der Waals surface area contributed by atoms with E-state index in [4.69, 9.17) is 21.3 Å². The van der Waals surface area contributed by atoms with Gasteiger partial charge in [0, 0.05) is 54.9 Å². The van der Waals surface area contributed by atoms with Crippen LogP contribution < -0.4 is 10.6 Å². The predicted molar refractivity (Wildman–Crippen MR) is 120 cm³/mol. The number of benzene rings is 1. The highest BCUT2D eigenvalue weighted by Crippen LogP contribution is 2.39. The molecule has 2 aliphatic heterocycles. The van der Waals surface area contributed by atoms with Crippen LogP contribution in [0.15, 0.2) is 29.3 Å². The van der Waals surface area contributed by atoms with Crippen molar-refractivity contribution >= 4 is 17.6 Å². The second-order valence-electron chi connectivity index (χ2n) is 8.92. The maximum Gasteiger partial charge on any atom is 0.191 e. The van der Waals surface area contributed by atoms with Crippen LogP contribution in [0.4, 0.5) is 0 Å². The number of guanidine groups is 1. The van der Waals surface area contributed by atoms with Crippen molar-refractivity contribution in [2.45, 2.75) is 69.5 Å². The van der Waals surface area contributed by atoms with E-state index in [0.717, 1.165) is 62.7 Å². The van der Waals surface area contributed by atoms with Crippen LogP contribution in [-0.2, 0) is 10.2 Å². The molecule has 4 rings (SSSR count). The van der Waals surface area contributed by atoms with Crippen molar-refractivity contribution in [3.8, 4) is 0 Å². The minimum Gasteiger partial charge on any atom is -0.381 e. The monoisotopic (exact) mass is 418 g/mol. The molecule has 6 heteroatoms. The van der Waals surface area contributed by atoms with E-state index in [1.54, 1.807) is 0 Å². The standard InChI is InChI=1S/C23H35ClN4O/c1-3-25-22(27-18-14-17(2)28(15-18)19-8-9-19)26-16-23(10-12-29-13-11-23)20-6-4-5-7-21(20)24/h4-7,17-19H,3,8-16H2,1-2H3,(H2,25,26,27). The van der Waals surface area contributed by atoms with Gasteiger partial charge in [-0.2, -0.15) is 0 Å². The first-order chi connectivity index (χ1) is 14.1. The fourth-order valence-electron chi connectivity index (χ4n) is 4.99. The van der Waals surface area contributed by atoms with Crippen LogP contribution in [0, 0.1) is 0 Å². The highest BCUT2D eigenvalue weighted by Gasteiger charge is 2.39. The average molecular weight is 419 g/mol. The number of rotatable bonds is 6. The fraction of sp³-hybridized carbons (Fsp3) is 0.696. The molecule has 2 heterocycles. The quantitative estimate of drug-likeness (QED) is 0.547. The Labute approximate surface area is 180 Å². The second kappa shape index (κ2) is 9.23. The van der Waals surface area contributed by atoms with Gasteiger partial charge >= 0.3 is 0 Å². The molecule has 2 unspecified atom stereocenters. The lowest BCUT2D eigenvalue weighted by molar-refractivity contribution is 0.0531. The Bertz CT molecular complexity index is 715. The minimum absolute atomic E-state index is 0.0536. The normalized spacial score (nSPS) is 27.8. The largest absolute Gasteiger partial charge is 0.381 e. The summed E-state index contributed by atoms with van der Waals surface area (Å²) in [7, 11) is 0. The summed E-state index contributed by atoms with van der Waals surface area (Å²) in [5, 5.41) is 8.02. The van der Waals surface area contributed by atoms with Crippen molar-refractivity contribution in [2.75, 3.05) is 32.8 Å². The number of hydrogen-bond donors (Lipinski definition) is 2. The predicted octanol–water partition coefficient (Wildman–Crippen LogP) is 3.57. The van der Waals surface area contributed by atoms with Gasteiger partial charge in [0.2, 0.25) is 0 Å². The highest BCUT2D eigenvalue weighted by molar-refractivity contribution is 6.31. The highest BCUT2D eigenvalue weighted by atomic mass is 35.5. The van der Waals surface area contributed by atoms with Crippen molar-refractivity contribution in [3.05, 3.63) is 34.9 Å². The zero-order valence-electron chi connectivity index (χ0n) is 17.8. The van der Waals surface area contributed by atoms with Crippen molar-refractivity contribution in [3.63, 3.8) is 0 Å². The number of halogens is 1. The van der Waals surface area contributed by atoms with Crippen LogP contribution in [0.2, 0.25) is 5.02 Å². The molecular formula is C23H35ClN4O. The van der Waals surface area contributed by atoms with Gasteiger partial charge in [0.25, 0.3) is 0 Å². The Kier molecular flexibility index (Phi) is 6.67. The molecule has 2 saturated heterocycles. The molecule has 1 aromatic rings. The first kappa shape index (κ1) is 21.0. The number of aliphatic imine (C=N–C) groups is 1. The summed E-state index contributed by atoms with van der Waals surface area (Å²) in [6.45, 7) is 8.73. The lowest BCUT2D eigenvalue weighted by Gasteiger charge is -2.37. The molecule has 2 atom stereocenters. The summed E-state index contributed by atoms with van der Waals surface area (Å²) < 4.78 is 5.67. The summed E-state index contributed by atoms with van der Waals surface area (Å²) in [6, 6.07) is 10.2. The topological polar surface area (TPSA) is 48.9 Å². The summed E-state index contributed by atoms with van der Waals surface area (Å²) in [6.07, 6.45) is 5.83. The molecular weight excluding hydrogens is 384 g/mol. The summed E-state index contributed by atoms with van der Waals surface area (Å²) >= 11 is 6.60. The zero-order chi connectivity index (χ0) is 20.3. The van der Waals surface area contributed by atoms with Gasteiger partial charge in [-0.3, -0.25) is 9.89 Å². The Morgan fingerprint density at radius 2 is 2.03 bits per heavy atom. The second-order valence-corrected chi connectivity index (χ2v) is 9.33. The summed E-state index contributed by atoms with van der Waals surface area (Å²) in [5.41, 5.74) is 1.15. The third-order valence-electron chi connectivity index (χ3n) is 6.76. The van der Waals surface area contributed by atoms with Gasteiger partial charge in [-0.25, -0.2) is 0 Å². The van der Waals surface area contributed by atoms with E-state index in [-0.39, 0.29) is 5.41 Å². The number of ether oxygens (including phenoxy) is 1.